The molecule has 1 unspecified atom stereocenters. The smallest absolute Gasteiger partial charge is 0.416 e. The van der Waals surface area contributed by atoms with Crippen molar-refractivity contribution in [2.24, 2.45) is 0 Å². The number of carbonyl (C=O) groups is 2. The molecule has 0 spiro atoms. The summed E-state index contributed by atoms with van der Waals surface area (Å²) in [5, 5.41) is 2.85. The molecule has 1 atom stereocenters. The average molecular weight is 489 g/mol. The molecule has 2 aromatic carbocycles. The van der Waals surface area contributed by atoms with Crippen LogP contribution in [0.25, 0.3) is 11.1 Å². The highest BCUT2D eigenvalue weighted by molar-refractivity contribution is 5.79. The number of halogens is 6. The Kier molecular flexibility index (Phi) is 8.88. The zero-order valence-corrected chi connectivity index (χ0v) is 18.9. The van der Waals surface area contributed by atoms with E-state index in [1.807, 2.05) is 0 Å². The van der Waals surface area contributed by atoms with Crippen molar-refractivity contribution in [2.45, 2.75) is 52.0 Å². The van der Waals surface area contributed by atoms with Crippen molar-refractivity contribution in [3.63, 3.8) is 0 Å². The number of rotatable bonds is 9. The number of hydrogen-bond acceptors (Lipinski definition) is 4. The molecular formula is C24H25F6NO3. The fourth-order valence-electron chi connectivity index (χ4n) is 3.31. The average Bonchev–Trinajstić information content (AvgIpc) is 2.74. The number of carbonyl (C=O) groups excluding carboxylic acids is 2. The van der Waals surface area contributed by atoms with E-state index in [2.05, 4.69) is 5.32 Å². The molecule has 0 saturated heterocycles. The van der Waals surface area contributed by atoms with Crippen molar-refractivity contribution in [3.05, 3.63) is 58.7 Å². The van der Waals surface area contributed by atoms with Crippen LogP contribution in [-0.4, -0.2) is 24.9 Å². The van der Waals surface area contributed by atoms with Gasteiger partial charge in [0.15, 0.2) is 0 Å². The summed E-state index contributed by atoms with van der Waals surface area (Å²) in [5.41, 5.74) is -1.70. The van der Waals surface area contributed by atoms with E-state index in [4.69, 9.17) is 4.74 Å². The number of hydrogen-bond donors (Lipinski definition) is 1. The summed E-state index contributed by atoms with van der Waals surface area (Å²) in [6.07, 6.45) is -9.24. The Morgan fingerprint density at radius 2 is 1.62 bits per heavy atom. The van der Waals surface area contributed by atoms with Crippen molar-refractivity contribution in [3.8, 4) is 11.1 Å². The van der Waals surface area contributed by atoms with Crippen LogP contribution in [0, 0.1) is 0 Å². The Bertz CT molecular complexity index is 1030. The molecule has 0 aromatic heterocycles. The molecule has 0 heterocycles. The predicted molar refractivity (Wildman–Crippen MR) is 114 cm³/mol. The van der Waals surface area contributed by atoms with Gasteiger partial charge in [-0.2, -0.15) is 26.3 Å². The van der Waals surface area contributed by atoms with Gasteiger partial charge in [0.2, 0.25) is 0 Å². The number of nitrogens with one attached hydrogen (secondary N) is 1. The van der Waals surface area contributed by atoms with Crippen molar-refractivity contribution in [2.75, 3.05) is 13.2 Å². The molecule has 2 rings (SSSR count). The second kappa shape index (κ2) is 11.0. The molecule has 0 saturated carbocycles. The molecule has 34 heavy (non-hydrogen) atoms. The van der Waals surface area contributed by atoms with Crippen LogP contribution in [0.15, 0.2) is 36.4 Å². The van der Waals surface area contributed by atoms with E-state index in [0.717, 1.165) is 30.3 Å². The van der Waals surface area contributed by atoms with Gasteiger partial charge in [0.05, 0.1) is 23.7 Å². The Balaban J connectivity index is 2.61. The summed E-state index contributed by atoms with van der Waals surface area (Å²) >= 11 is 0. The molecule has 0 radical (unpaired) electrons. The Morgan fingerprint density at radius 1 is 0.971 bits per heavy atom. The third kappa shape index (κ3) is 7.31. The van der Waals surface area contributed by atoms with E-state index >= 15 is 0 Å². The first-order valence-corrected chi connectivity index (χ1v) is 10.5. The fraction of sp³-hybridized carbons (Fsp3) is 0.417. The molecular weight excluding hydrogens is 464 g/mol. The first-order chi connectivity index (χ1) is 15.7. The van der Waals surface area contributed by atoms with E-state index in [0.29, 0.717) is 0 Å². The molecule has 0 aliphatic carbocycles. The minimum absolute atomic E-state index is 0.0121. The molecule has 0 aliphatic rings. The van der Waals surface area contributed by atoms with Gasteiger partial charge in [0.25, 0.3) is 0 Å². The van der Waals surface area contributed by atoms with Crippen LogP contribution in [-0.2, 0) is 33.2 Å². The predicted octanol–water partition coefficient (Wildman–Crippen LogP) is 6.13. The van der Waals surface area contributed by atoms with Gasteiger partial charge in [-0.1, -0.05) is 12.1 Å². The summed E-state index contributed by atoms with van der Waals surface area (Å²) in [6, 6.07) is 5.79. The second-order valence-electron chi connectivity index (χ2n) is 7.81. The van der Waals surface area contributed by atoms with Gasteiger partial charge in [-0.25, -0.2) is 0 Å². The highest BCUT2D eigenvalue weighted by atomic mass is 19.4. The normalized spacial score (nSPS) is 13.0. The SMILES string of the molecule is CCOC(=O)C(C)c1cc(-c2ccc(C(F)(F)F)cc2CNCCC(C)=O)cc(C(F)(F)F)c1. The van der Waals surface area contributed by atoms with Gasteiger partial charge in [0, 0.05) is 19.5 Å². The van der Waals surface area contributed by atoms with E-state index < -0.39 is 35.4 Å². The molecule has 0 bridgehead atoms. The van der Waals surface area contributed by atoms with Crippen LogP contribution in [0.4, 0.5) is 26.3 Å². The summed E-state index contributed by atoms with van der Waals surface area (Å²) < 4.78 is 85.6. The van der Waals surface area contributed by atoms with E-state index in [9.17, 15) is 35.9 Å². The summed E-state index contributed by atoms with van der Waals surface area (Å²) in [4.78, 5) is 23.3. The molecule has 0 aliphatic heterocycles. The first kappa shape index (κ1) is 27.4. The van der Waals surface area contributed by atoms with Gasteiger partial charge >= 0.3 is 18.3 Å². The molecule has 2 aromatic rings. The van der Waals surface area contributed by atoms with E-state index in [1.54, 1.807) is 6.92 Å². The lowest BCUT2D eigenvalue weighted by molar-refractivity contribution is -0.145. The van der Waals surface area contributed by atoms with Gasteiger partial charge in [-0.15, -0.1) is 0 Å². The maximum atomic E-state index is 13.6. The van der Waals surface area contributed by atoms with Crippen molar-refractivity contribution in [1.29, 1.82) is 0 Å². The topological polar surface area (TPSA) is 55.4 Å². The monoisotopic (exact) mass is 489 g/mol. The molecule has 0 amide bonds. The molecule has 0 fully saturated rings. The number of ketones is 1. The number of alkyl halides is 6. The highest BCUT2D eigenvalue weighted by Crippen LogP contribution is 2.38. The molecule has 10 heteroatoms. The molecule has 4 nitrogen and oxygen atoms in total. The Morgan fingerprint density at radius 3 is 2.18 bits per heavy atom. The number of esters is 1. The molecule has 1 N–H and O–H groups in total. The minimum atomic E-state index is -4.75. The van der Waals surface area contributed by atoms with Gasteiger partial charge in [-0.3, -0.25) is 9.59 Å². The van der Waals surface area contributed by atoms with E-state index in [1.165, 1.54) is 19.9 Å². The minimum Gasteiger partial charge on any atom is -0.466 e. The van der Waals surface area contributed by atoms with Crippen molar-refractivity contribution in [1.82, 2.24) is 5.32 Å². The fourth-order valence-corrected chi connectivity index (χ4v) is 3.31. The lowest BCUT2D eigenvalue weighted by atomic mass is 9.90. The van der Waals surface area contributed by atoms with Crippen LogP contribution in [0.3, 0.4) is 0 Å². The zero-order chi connectivity index (χ0) is 25.7. The van der Waals surface area contributed by atoms with Crippen molar-refractivity contribution < 1.29 is 40.7 Å². The van der Waals surface area contributed by atoms with Crippen molar-refractivity contribution >= 4 is 11.8 Å². The van der Waals surface area contributed by atoms with Gasteiger partial charge < -0.3 is 10.1 Å². The second-order valence-corrected chi connectivity index (χ2v) is 7.81. The van der Waals surface area contributed by atoms with Gasteiger partial charge in [0.1, 0.15) is 5.78 Å². The van der Waals surface area contributed by atoms with Crippen LogP contribution in [0.1, 0.15) is 55.4 Å². The zero-order valence-electron chi connectivity index (χ0n) is 18.9. The molecule has 186 valence electrons. The summed E-state index contributed by atoms with van der Waals surface area (Å²) in [7, 11) is 0. The largest absolute Gasteiger partial charge is 0.466 e. The maximum Gasteiger partial charge on any atom is 0.416 e. The Labute approximate surface area is 193 Å². The lowest BCUT2D eigenvalue weighted by Crippen LogP contribution is -2.18. The quantitative estimate of drug-likeness (QED) is 0.262. The highest BCUT2D eigenvalue weighted by Gasteiger charge is 2.34. The maximum absolute atomic E-state index is 13.6. The Hall–Kier alpha value is -2.88. The van der Waals surface area contributed by atoms with Crippen LogP contribution < -0.4 is 5.32 Å². The standard InChI is InChI=1S/C24H25F6NO3/c1-4-34-22(33)15(3)16-9-17(11-20(10-16)24(28,29)30)21-6-5-19(23(25,26)27)12-18(21)13-31-8-7-14(2)32/h5-6,9-12,15,31H,4,7-8,13H2,1-3H3. The van der Waals surface area contributed by atoms with Crippen LogP contribution >= 0.6 is 0 Å². The first-order valence-electron chi connectivity index (χ1n) is 10.5. The lowest BCUT2D eigenvalue weighted by Gasteiger charge is -2.19. The number of ether oxygens (including phenoxy) is 1. The number of benzene rings is 2. The third-order valence-corrected chi connectivity index (χ3v) is 5.14. The van der Waals surface area contributed by atoms with Crippen LogP contribution in [0.2, 0.25) is 0 Å². The van der Waals surface area contributed by atoms with Gasteiger partial charge in [-0.05, 0) is 67.3 Å². The number of Topliss-reactive ketones (excluding diaryl/α,β-unsaturated/α-hetero) is 1. The van der Waals surface area contributed by atoms with E-state index in [-0.39, 0.29) is 54.2 Å². The van der Waals surface area contributed by atoms with Crippen LogP contribution in [0.5, 0.6) is 0 Å². The third-order valence-electron chi connectivity index (χ3n) is 5.14. The summed E-state index contributed by atoms with van der Waals surface area (Å²) in [5.74, 6) is -1.86. The summed E-state index contributed by atoms with van der Waals surface area (Å²) in [6.45, 7) is 4.46.